The molecular weight excluding hydrogens is 238 g/mol. The lowest BCUT2D eigenvalue weighted by molar-refractivity contribution is -0.119. The standard InChI is InChI=1S/C13H10F2N2O/c14-13(15)7-17-11(18)3-1-2-9-4-8(6-16)5-10(13)12(9)17/h4-5H,1-3,7H2. The number of anilines is 1. The van der Waals surface area contributed by atoms with E-state index in [0.29, 0.717) is 24.1 Å². The predicted octanol–water partition coefficient (Wildman–Crippen LogP) is 2.33. The Morgan fingerprint density at radius 3 is 2.83 bits per heavy atom. The second-order valence-electron chi connectivity index (χ2n) is 4.68. The number of carbonyl (C=O) groups is 1. The zero-order valence-corrected chi connectivity index (χ0v) is 9.54. The molecule has 0 aliphatic carbocycles. The van der Waals surface area contributed by atoms with Gasteiger partial charge in [-0.3, -0.25) is 4.79 Å². The molecule has 3 nitrogen and oxygen atoms in total. The fraction of sp³-hybridized carbons (Fsp3) is 0.385. The van der Waals surface area contributed by atoms with E-state index in [1.54, 1.807) is 6.07 Å². The Kier molecular flexibility index (Phi) is 2.18. The molecule has 0 N–H and O–H groups in total. The fourth-order valence-corrected chi connectivity index (χ4v) is 2.69. The molecule has 0 spiro atoms. The first-order chi connectivity index (χ1) is 8.53. The van der Waals surface area contributed by atoms with Gasteiger partial charge in [-0.15, -0.1) is 0 Å². The molecule has 1 amide bonds. The van der Waals surface area contributed by atoms with E-state index < -0.39 is 12.5 Å². The van der Waals surface area contributed by atoms with Crippen LogP contribution in [0.25, 0.3) is 0 Å². The van der Waals surface area contributed by atoms with Crippen molar-refractivity contribution < 1.29 is 13.6 Å². The lowest BCUT2D eigenvalue weighted by atomic mass is 9.99. The van der Waals surface area contributed by atoms with Crippen molar-refractivity contribution >= 4 is 11.6 Å². The van der Waals surface area contributed by atoms with Crippen molar-refractivity contribution in [1.29, 1.82) is 5.26 Å². The molecule has 18 heavy (non-hydrogen) atoms. The van der Waals surface area contributed by atoms with Crippen LogP contribution in [0.2, 0.25) is 0 Å². The molecule has 2 aliphatic rings. The number of aryl methyl sites for hydroxylation is 1. The number of alkyl halides is 2. The first-order valence-corrected chi connectivity index (χ1v) is 5.78. The summed E-state index contributed by atoms with van der Waals surface area (Å²) >= 11 is 0. The van der Waals surface area contributed by atoms with E-state index >= 15 is 0 Å². The number of rotatable bonds is 0. The third-order valence-corrected chi connectivity index (χ3v) is 3.48. The maximum absolute atomic E-state index is 13.9. The average Bonchev–Trinajstić information content (AvgIpc) is 2.51. The quantitative estimate of drug-likeness (QED) is 0.707. The normalized spacial score (nSPS) is 20.3. The van der Waals surface area contributed by atoms with Gasteiger partial charge in [-0.1, -0.05) is 0 Å². The predicted molar refractivity (Wildman–Crippen MR) is 60.3 cm³/mol. The second-order valence-corrected chi connectivity index (χ2v) is 4.68. The van der Waals surface area contributed by atoms with E-state index in [4.69, 9.17) is 5.26 Å². The fourth-order valence-electron chi connectivity index (χ4n) is 2.69. The van der Waals surface area contributed by atoms with E-state index in [2.05, 4.69) is 0 Å². The average molecular weight is 248 g/mol. The monoisotopic (exact) mass is 248 g/mol. The maximum Gasteiger partial charge on any atom is 0.292 e. The van der Waals surface area contributed by atoms with Crippen LogP contribution in [0.4, 0.5) is 14.5 Å². The molecule has 0 aromatic heterocycles. The molecule has 0 saturated heterocycles. The van der Waals surface area contributed by atoms with Gasteiger partial charge in [-0.05, 0) is 30.5 Å². The van der Waals surface area contributed by atoms with Crippen molar-refractivity contribution in [3.8, 4) is 6.07 Å². The minimum absolute atomic E-state index is 0.174. The number of benzene rings is 1. The van der Waals surface area contributed by atoms with Crippen LogP contribution < -0.4 is 4.90 Å². The molecule has 5 heteroatoms. The smallest absolute Gasteiger partial charge is 0.292 e. The van der Waals surface area contributed by atoms with Crippen LogP contribution in [0.3, 0.4) is 0 Å². The molecule has 0 atom stereocenters. The van der Waals surface area contributed by atoms with Gasteiger partial charge in [0.2, 0.25) is 5.91 Å². The highest BCUT2D eigenvalue weighted by atomic mass is 19.3. The van der Waals surface area contributed by atoms with E-state index in [9.17, 15) is 13.6 Å². The maximum atomic E-state index is 13.9. The highest BCUT2D eigenvalue weighted by Crippen LogP contribution is 2.47. The molecule has 0 radical (unpaired) electrons. The number of halogens is 2. The third kappa shape index (κ3) is 1.42. The minimum atomic E-state index is -3.05. The Bertz CT molecular complexity index is 589. The lowest BCUT2D eigenvalue weighted by Gasteiger charge is -2.16. The van der Waals surface area contributed by atoms with Crippen molar-refractivity contribution in [1.82, 2.24) is 0 Å². The van der Waals surface area contributed by atoms with Crippen molar-refractivity contribution in [3.63, 3.8) is 0 Å². The molecule has 92 valence electrons. The third-order valence-electron chi connectivity index (χ3n) is 3.48. The van der Waals surface area contributed by atoms with Gasteiger partial charge in [0.15, 0.2) is 0 Å². The number of nitriles is 1. The van der Waals surface area contributed by atoms with Crippen molar-refractivity contribution in [3.05, 3.63) is 28.8 Å². The first kappa shape index (κ1) is 11.1. The van der Waals surface area contributed by atoms with Crippen LogP contribution >= 0.6 is 0 Å². The summed E-state index contributed by atoms with van der Waals surface area (Å²) in [5.74, 6) is -3.30. The van der Waals surface area contributed by atoms with Crippen LogP contribution in [0.5, 0.6) is 0 Å². The summed E-state index contributed by atoms with van der Waals surface area (Å²) in [5, 5.41) is 8.89. The van der Waals surface area contributed by atoms with Crippen molar-refractivity contribution in [2.45, 2.75) is 25.2 Å². The number of hydrogen-bond donors (Lipinski definition) is 0. The largest absolute Gasteiger partial charge is 0.305 e. The Labute approximate surface area is 103 Å². The summed E-state index contributed by atoms with van der Waals surface area (Å²) in [4.78, 5) is 13.0. The summed E-state index contributed by atoms with van der Waals surface area (Å²) in [6.45, 7) is -0.594. The zero-order valence-electron chi connectivity index (χ0n) is 9.54. The van der Waals surface area contributed by atoms with Gasteiger partial charge in [0.1, 0.15) is 0 Å². The van der Waals surface area contributed by atoms with Gasteiger partial charge < -0.3 is 4.90 Å². The minimum Gasteiger partial charge on any atom is -0.305 e. The van der Waals surface area contributed by atoms with Gasteiger partial charge in [0.25, 0.3) is 5.92 Å². The molecule has 0 bridgehead atoms. The number of amides is 1. The van der Waals surface area contributed by atoms with E-state index in [-0.39, 0.29) is 23.5 Å². The number of hydrogen-bond acceptors (Lipinski definition) is 2. The zero-order chi connectivity index (χ0) is 12.9. The molecule has 0 fully saturated rings. The lowest BCUT2D eigenvalue weighted by Crippen LogP contribution is -2.32. The Balaban J connectivity index is 2.29. The molecule has 0 saturated carbocycles. The van der Waals surface area contributed by atoms with Crippen molar-refractivity contribution in [2.75, 3.05) is 11.4 Å². The molecule has 2 aliphatic heterocycles. The molecule has 3 rings (SSSR count). The van der Waals surface area contributed by atoms with Gasteiger partial charge >= 0.3 is 0 Å². The molecule has 2 heterocycles. The molecular formula is C13H10F2N2O. The van der Waals surface area contributed by atoms with Gasteiger partial charge in [0, 0.05) is 12.0 Å². The van der Waals surface area contributed by atoms with E-state index in [0.717, 1.165) is 0 Å². The van der Waals surface area contributed by atoms with Crippen LogP contribution in [0.1, 0.15) is 29.5 Å². The summed E-state index contributed by atoms with van der Waals surface area (Å²) < 4.78 is 27.8. The number of nitrogens with zero attached hydrogens (tertiary/aromatic N) is 2. The van der Waals surface area contributed by atoms with Crippen LogP contribution in [0, 0.1) is 11.3 Å². The summed E-state index contributed by atoms with van der Waals surface area (Å²) in [6, 6.07) is 4.73. The molecule has 1 aromatic rings. The highest BCUT2D eigenvalue weighted by Gasteiger charge is 2.47. The van der Waals surface area contributed by atoms with Crippen molar-refractivity contribution in [2.24, 2.45) is 0 Å². The Morgan fingerprint density at radius 1 is 1.33 bits per heavy atom. The van der Waals surface area contributed by atoms with Gasteiger partial charge in [0.05, 0.1) is 23.9 Å². The Morgan fingerprint density at radius 2 is 2.11 bits per heavy atom. The van der Waals surface area contributed by atoms with Gasteiger partial charge in [-0.25, -0.2) is 0 Å². The second kappa shape index (κ2) is 3.52. The summed E-state index contributed by atoms with van der Waals surface area (Å²) in [6.07, 6.45) is 1.49. The summed E-state index contributed by atoms with van der Waals surface area (Å²) in [7, 11) is 0. The first-order valence-electron chi connectivity index (χ1n) is 5.78. The van der Waals surface area contributed by atoms with Crippen LogP contribution in [0.15, 0.2) is 12.1 Å². The van der Waals surface area contributed by atoms with Gasteiger partial charge in [-0.2, -0.15) is 14.0 Å². The molecule has 0 unspecified atom stereocenters. The van der Waals surface area contributed by atoms with Crippen LogP contribution in [-0.4, -0.2) is 12.5 Å². The van der Waals surface area contributed by atoms with E-state index in [1.165, 1.54) is 11.0 Å². The SMILES string of the molecule is N#Cc1cc2c3c(c1)C(F)(F)CN3C(=O)CCC2. The van der Waals surface area contributed by atoms with Crippen LogP contribution in [-0.2, 0) is 17.1 Å². The highest BCUT2D eigenvalue weighted by molar-refractivity contribution is 5.97. The topological polar surface area (TPSA) is 44.1 Å². The Hall–Kier alpha value is -1.96. The summed E-state index contributed by atoms with van der Waals surface area (Å²) in [5.41, 5.74) is 1.08. The number of carbonyl (C=O) groups excluding carboxylic acids is 1. The molecule has 1 aromatic carbocycles. The van der Waals surface area contributed by atoms with E-state index in [1.807, 2.05) is 6.07 Å².